The summed E-state index contributed by atoms with van der Waals surface area (Å²) in [7, 11) is 1.27. The number of pyridine rings is 1. The molecule has 2 rings (SSSR count). The summed E-state index contributed by atoms with van der Waals surface area (Å²) in [5, 5.41) is 0. The molecule has 6 heteroatoms. The predicted molar refractivity (Wildman–Crippen MR) is 87.9 cm³/mol. The van der Waals surface area contributed by atoms with E-state index >= 15 is 0 Å². The normalized spacial score (nSPS) is 10.4. The smallest absolute Gasteiger partial charge is 0.356 e. The van der Waals surface area contributed by atoms with Crippen LogP contribution in [0, 0.1) is 6.92 Å². The number of rotatable bonds is 3. The van der Waals surface area contributed by atoms with Crippen LogP contribution in [0.5, 0.6) is 0 Å². The number of halogens is 1. The highest BCUT2D eigenvalue weighted by Crippen LogP contribution is 2.37. The predicted octanol–water partition coefficient (Wildman–Crippen LogP) is 3.39. The number of nitrogens with two attached hydrogens (primary N) is 1. The molecule has 0 fully saturated rings. The molecule has 1 heterocycles. The molecular weight excluding hydrogens is 348 g/mol. The zero-order valence-electron chi connectivity index (χ0n) is 12.4. The third-order valence-electron chi connectivity index (χ3n) is 3.33. The zero-order valence-corrected chi connectivity index (χ0v) is 14.0. The Kier molecular flexibility index (Phi) is 4.61. The lowest BCUT2D eigenvalue weighted by atomic mass is 9.96. The number of benzene rings is 1. The van der Waals surface area contributed by atoms with Crippen molar-refractivity contribution in [2.75, 3.05) is 12.8 Å². The Morgan fingerprint density at radius 2 is 1.86 bits per heavy atom. The summed E-state index contributed by atoms with van der Waals surface area (Å²) in [6.07, 6.45) is 0. The first-order valence-electron chi connectivity index (χ1n) is 6.52. The van der Waals surface area contributed by atoms with Crippen LogP contribution in [0.4, 0.5) is 5.69 Å². The molecule has 1 aromatic heterocycles. The number of ketones is 1. The Balaban J connectivity index is 2.88. The van der Waals surface area contributed by atoms with Gasteiger partial charge in [-0.25, -0.2) is 9.78 Å². The number of carbonyl (C=O) groups is 2. The van der Waals surface area contributed by atoms with E-state index < -0.39 is 5.97 Å². The summed E-state index contributed by atoms with van der Waals surface area (Å²) in [5.74, 6) is -0.913. The monoisotopic (exact) mass is 362 g/mol. The highest BCUT2D eigenvalue weighted by molar-refractivity contribution is 9.10. The summed E-state index contributed by atoms with van der Waals surface area (Å²) in [4.78, 5) is 27.8. The maximum atomic E-state index is 11.9. The van der Waals surface area contributed by atoms with E-state index in [1.165, 1.54) is 14.0 Å². The second-order valence-corrected chi connectivity index (χ2v) is 5.60. The van der Waals surface area contributed by atoms with Gasteiger partial charge in [-0.15, -0.1) is 0 Å². The lowest BCUT2D eigenvalue weighted by Gasteiger charge is -2.16. The van der Waals surface area contributed by atoms with E-state index in [4.69, 9.17) is 10.5 Å². The highest BCUT2D eigenvalue weighted by Gasteiger charge is 2.23. The van der Waals surface area contributed by atoms with Crippen molar-refractivity contribution >= 4 is 33.4 Å². The average Bonchev–Trinajstić information content (AvgIpc) is 2.48. The van der Waals surface area contributed by atoms with E-state index in [0.29, 0.717) is 11.1 Å². The van der Waals surface area contributed by atoms with Gasteiger partial charge in [0.1, 0.15) is 5.69 Å². The number of Topliss-reactive ketones (excluding diaryl/α,β-unsaturated/α-hetero) is 1. The van der Waals surface area contributed by atoms with Gasteiger partial charge in [0.25, 0.3) is 0 Å². The van der Waals surface area contributed by atoms with E-state index in [9.17, 15) is 9.59 Å². The molecule has 0 aliphatic heterocycles. The third kappa shape index (κ3) is 2.74. The Bertz CT molecular complexity index is 772. The Hall–Kier alpha value is -2.21. The van der Waals surface area contributed by atoms with Crippen LogP contribution < -0.4 is 5.73 Å². The fourth-order valence-electron chi connectivity index (χ4n) is 2.27. The lowest BCUT2D eigenvalue weighted by molar-refractivity contribution is 0.0593. The Morgan fingerprint density at radius 3 is 2.41 bits per heavy atom. The maximum absolute atomic E-state index is 11.9. The minimum Gasteiger partial charge on any atom is -0.464 e. The minimum atomic E-state index is -0.603. The number of carbonyl (C=O) groups excluding carboxylic acids is 2. The first-order chi connectivity index (χ1) is 10.4. The summed E-state index contributed by atoms with van der Waals surface area (Å²) in [6, 6.07) is 7.44. The largest absolute Gasteiger partial charge is 0.464 e. The Labute approximate surface area is 136 Å². The van der Waals surface area contributed by atoms with Gasteiger partial charge in [-0.3, -0.25) is 4.79 Å². The number of aromatic nitrogens is 1. The number of esters is 1. The van der Waals surface area contributed by atoms with Crippen molar-refractivity contribution in [3.8, 4) is 11.1 Å². The molecule has 5 nitrogen and oxygen atoms in total. The maximum Gasteiger partial charge on any atom is 0.356 e. The summed E-state index contributed by atoms with van der Waals surface area (Å²) < 4.78 is 5.55. The fraction of sp³-hybridized carbons (Fsp3) is 0.188. The molecule has 0 atom stereocenters. The number of methoxy groups -OCH3 is 1. The molecular formula is C16H15BrN2O3. The van der Waals surface area contributed by atoms with Gasteiger partial charge in [0, 0.05) is 17.0 Å². The fourth-order valence-corrected chi connectivity index (χ4v) is 2.75. The van der Waals surface area contributed by atoms with Crippen LogP contribution in [0.15, 0.2) is 28.7 Å². The standard InChI is InChI=1S/C16H15BrN2O3/c1-8-12(10-6-4-5-7-11(10)17)13(18)15(9(2)20)19-14(8)16(21)22-3/h4-7H,18H2,1-3H3. The second kappa shape index (κ2) is 6.27. The van der Waals surface area contributed by atoms with Crippen LogP contribution in [0.3, 0.4) is 0 Å². The van der Waals surface area contributed by atoms with Crippen LogP contribution in [0.25, 0.3) is 11.1 Å². The van der Waals surface area contributed by atoms with Gasteiger partial charge in [-0.1, -0.05) is 34.1 Å². The van der Waals surface area contributed by atoms with E-state index in [2.05, 4.69) is 20.9 Å². The SMILES string of the molecule is COC(=O)c1nc(C(C)=O)c(N)c(-c2ccccc2Br)c1C. The molecule has 22 heavy (non-hydrogen) atoms. The molecule has 0 spiro atoms. The van der Waals surface area contributed by atoms with Crippen molar-refractivity contribution < 1.29 is 14.3 Å². The molecule has 0 amide bonds. The van der Waals surface area contributed by atoms with Gasteiger partial charge < -0.3 is 10.5 Å². The molecule has 0 saturated heterocycles. The lowest BCUT2D eigenvalue weighted by Crippen LogP contribution is -2.15. The molecule has 2 N–H and O–H groups in total. The first-order valence-corrected chi connectivity index (χ1v) is 7.32. The second-order valence-electron chi connectivity index (χ2n) is 4.75. The van der Waals surface area contributed by atoms with Gasteiger partial charge in [0.05, 0.1) is 12.8 Å². The topological polar surface area (TPSA) is 82.3 Å². The number of hydrogen-bond acceptors (Lipinski definition) is 5. The molecule has 1 aromatic carbocycles. The number of anilines is 1. The minimum absolute atomic E-state index is 0.0664. The van der Waals surface area contributed by atoms with E-state index in [1.54, 1.807) is 6.92 Å². The van der Waals surface area contributed by atoms with Crippen molar-refractivity contribution in [3.63, 3.8) is 0 Å². The molecule has 114 valence electrons. The number of nitrogens with zero attached hydrogens (tertiary/aromatic N) is 1. The molecule has 0 bridgehead atoms. The molecule has 0 aliphatic rings. The number of nitrogen functional groups attached to an aromatic ring is 1. The number of hydrogen-bond donors (Lipinski definition) is 1. The summed E-state index contributed by atoms with van der Waals surface area (Å²) in [5.41, 5.74) is 8.51. The average molecular weight is 363 g/mol. The van der Waals surface area contributed by atoms with Crippen LogP contribution in [0.1, 0.15) is 33.5 Å². The summed E-state index contributed by atoms with van der Waals surface area (Å²) >= 11 is 3.46. The van der Waals surface area contributed by atoms with Crippen molar-refractivity contribution in [2.24, 2.45) is 0 Å². The molecule has 0 unspecified atom stereocenters. The van der Waals surface area contributed by atoms with E-state index in [0.717, 1.165) is 10.0 Å². The highest BCUT2D eigenvalue weighted by atomic mass is 79.9. The first kappa shape index (κ1) is 16.2. The zero-order chi connectivity index (χ0) is 16.4. The summed E-state index contributed by atoms with van der Waals surface area (Å²) in [6.45, 7) is 3.09. The molecule has 0 saturated carbocycles. The van der Waals surface area contributed by atoms with Crippen LogP contribution in [0.2, 0.25) is 0 Å². The molecule has 0 radical (unpaired) electrons. The van der Waals surface area contributed by atoms with Gasteiger partial charge >= 0.3 is 5.97 Å². The van der Waals surface area contributed by atoms with Crippen LogP contribution in [-0.4, -0.2) is 23.8 Å². The quantitative estimate of drug-likeness (QED) is 0.668. The third-order valence-corrected chi connectivity index (χ3v) is 4.03. The van der Waals surface area contributed by atoms with Crippen molar-refractivity contribution in [1.82, 2.24) is 4.98 Å². The van der Waals surface area contributed by atoms with E-state index in [1.807, 2.05) is 24.3 Å². The van der Waals surface area contributed by atoms with Crippen molar-refractivity contribution in [2.45, 2.75) is 13.8 Å². The molecule has 2 aromatic rings. The van der Waals surface area contributed by atoms with Crippen molar-refractivity contribution in [3.05, 3.63) is 45.7 Å². The number of ether oxygens (including phenoxy) is 1. The molecule has 0 aliphatic carbocycles. The van der Waals surface area contributed by atoms with Gasteiger partial charge in [-0.05, 0) is 24.1 Å². The van der Waals surface area contributed by atoms with Crippen molar-refractivity contribution in [1.29, 1.82) is 0 Å². The van der Waals surface area contributed by atoms with Crippen LogP contribution >= 0.6 is 15.9 Å². The Morgan fingerprint density at radius 1 is 1.23 bits per heavy atom. The van der Waals surface area contributed by atoms with Gasteiger partial charge in [-0.2, -0.15) is 0 Å². The van der Waals surface area contributed by atoms with Gasteiger partial charge in [0.2, 0.25) is 0 Å². The van der Waals surface area contributed by atoms with Crippen LogP contribution in [-0.2, 0) is 4.74 Å². The van der Waals surface area contributed by atoms with Gasteiger partial charge in [0.15, 0.2) is 11.5 Å². The van der Waals surface area contributed by atoms with E-state index in [-0.39, 0.29) is 22.9 Å².